The molecule has 1 aliphatic carbocycles. The summed E-state index contributed by atoms with van der Waals surface area (Å²) in [5, 5.41) is 9.86. The maximum absolute atomic E-state index is 9.86. The summed E-state index contributed by atoms with van der Waals surface area (Å²) >= 11 is 0. The molecule has 3 N–H and O–H groups in total. The average molecular weight is 219 g/mol. The van der Waals surface area contributed by atoms with Gasteiger partial charge in [0.2, 0.25) is 0 Å². The summed E-state index contributed by atoms with van der Waals surface area (Å²) in [6.07, 6.45) is 3.52. The van der Waals surface area contributed by atoms with Gasteiger partial charge in [0.1, 0.15) is 5.75 Å². The number of phenols is 1. The van der Waals surface area contributed by atoms with Gasteiger partial charge in [-0.3, -0.25) is 0 Å². The summed E-state index contributed by atoms with van der Waals surface area (Å²) in [5.74, 6) is 1.47. The Labute approximate surface area is 97.5 Å². The second kappa shape index (κ2) is 4.46. The minimum Gasteiger partial charge on any atom is -0.508 e. The van der Waals surface area contributed by atoms with Gasteiger partial charge in [0.15, 0.2) is 0 Å². The van der Waals surface area contributed by atoms with Crippen LogP contribution in [-0.2, 0) is 0 Å². The zero-order valence-electron chi connectivity index (χ0n) is 10.1. The first-order chi connectivity index (χ1) is 7.63. The van der Waals surface area contributed by atoms with Crippen LogP contribution in [0.15, 0.2) is 18.2 Å². The number of nitrogens with two attached hydrogens (primary N) is 1. The molecule has 0 heterocycles. The number of hydrogen-bond acceptors (Lipinski definition) is 2. The molecule has 1 aromatic carbocycles. The van der Waals surface area contributed by atoms with Gasteiger partial charge >= 0.3 is 0 Å². The fourth-order valence-electron chi connectivity index (χ4n) is 2.09. The molecule has 0 amide bonds. The van der Waals surface area contributed by atoms with Crippen molar-refractivity contribution in [2.45, 2.75) is 45.1 Å². The first-order valence-electron chi connectivity index (χ1n) is 6.21. The molecule has 2 heteroatoms. The molecule has 1 fully saturated rings. The van der Waals surface area contributed by atoms with Gasteiger partial charge in [0.25, 0.3) is 0 Å². The number of phenolic OH excluding ortho intramolecular Hbond substituents is 1. The normalized spacial score (nSPS) is 19.4. The lowest BCUT2D eigenvalue weighted by Crippen LogP contribution is -2.13. The zero-order chi connectivity index (χ0) is 11.7. The minimum atomic E-state index is 0.0176. The number of rotatable bonds is 4. The topological polar surface area (TPSA) is 46.2 Å². The quantitative estimate of drug-likeness (QED) is 0.816. The van der Waals surface area contributed by atoms with E-state index in [1.807, 2.05) is 6.07 Å². The van der Waals surface area contributed by atoms with Crippen LogP contribution in [0.2, 0.25) is 0 Å². The Bertz CT molecular complexity index is 371. The minimum absolute atomic E-state index is 0.0176. The summed E-state index contributed by atoms with van der Waals surface area (Å²) < 4.78 is 0. The van der Waals surface area contributed by atoms with E-state index in [9.17, 15) is 5.11 Å². The largest absolute Gasteiger partial charge is 0.508 e. The van der Waals surface area contributed by atoms with Crippen LogP contribution in [-0.4, -0.2) is 5.11 Å². The van der Waals surface area contributed by atoms with Gasteiger partial charge in [-0.2, -0.15) is 0 Å². The van der Waals surface area contributed by atoms with Gasteiger partial charge in [-0.15, -0.1) is 0 Å². The van der Waals surface area contributed by atoms with Crippen molar-refractivity contribution < 1.29 is 5.11 Å². The molecule has 0 aliphatic heterocycles. The lowest BCUT2D eigenvalue weighted by Gasteiger charge is -2.16. The van der Waals surface area contributed by atoms with Crippen LogP contribution in [0, 0.1) is 5.92 Å². The molecule has 0 aromatic heterocycles. The Morgan fingerprint density at radius 1 is 1.44 bits per heavy atom. The fraction of sp³-hybridized carbons (Fsp3) is 0.571. The highest BCUT2D eigenvalue weighted by molar-refractivity contribution is 5.40. The predicted molar refractivity (Wildman–Crippen MR) is 66.5 cm³/mol. The maximum atomic E-state index is 9.86. The highest BCUT2D eigenvalue weighted by Crippen LogP contribution is 2.42. The molecule has 1 aliphatic rings. The zero-order valence-corrected chi connectivity index (χ0v) is 10.1. The van der Waals surface area contributed by atoms with Gasteiger partial charge in [0, 0.05) is 11.6 Å². The SMILES string of the molecule is CCC(C)c1ccc(O)c(C(N)C2CC2)c1. The van der Waals surface area contributed by atoms with Gasteiger partial charge in [-0.05, 0) is 42.7 Å². The molecule has 0 radical (unpaired) electrons. The van der Waals surface area contributed by atoms with Crippen LogP contribution in [0.25, 0.3) is 0 Å². The Kier molecular flexibility index (Phi) is 3.20. The molecule has 16 heavy (non-hydrogen) atoms. The highest BCUT2D eigenvalue weighted by Gasteiger charge is 2.31. The summed E-state index contributed by atoms with van der Waals surface area (Å²) in [6.45, 7) is 4.39. The van der Waals surface area contributed by atoms with Crippen LogP contribution in [0.5, 0.6) is 5.75 Å². The number of hydrogen-bond donors (Lipinski definition) is 2. The molecule has 1 saturated carbocycles. The van der Waals surface area contributed by atoms with Gasteiger partial charge in [-0.1, -0.05) is 26.0 Å². The molecule has 0 saturated heterocycles. The molecule has 2 rings (SSSR count). The highest BCUT2D eigenvalue weighted by atomic mass is 16.3. The van der Waals surface area contributed by atoms with E-state index < -0.39 is 0 Å². The van der Waals surface area contributed by atoms with E-state index in [1.165, 1.54) is 18.4 Å². The maximum Gasteiger partial charge on any atom is 0.120 e. The van der Waals surface area contributed by atoms with E-state index in [0.717, 1.165) is 12.0 Å². The summed E-state index contributed by atoms with van der Waals surface area (Å²) in [6, 6.07) is 5.90. The smallest absolute Gasteiger partial charge is 0.120 e. The Balaban J connectivity index is 2.28. The van der Waals surface area contributed by atoms with Crippen molar-refractivity contribution in [3.8, 4) is 5.75 Å². The lowest BCUT2D eigenvalue weighted by atomic mass is 9.93. The van der Waals surface area contributed by atoms with Crippen molar-refractivity contribution in [1.29, 1.82) is 0 Å². The van der Waals surface area contributed by atoms with Crippen molar-refractivity contribution in [2.75, 3.05) is 0 Å². The summed E-state index contributed by atoms with van der Waals surface area (Å²) in [7, 11) is 0. The Morgan fingerprint density at radius 2 is 2.12 bits per heavy atom. The molecular weight excluding hydrogens is 198 g/mol. The van der Waals surface area contributed by atoms with Crippen molar-refractivity contribution in [3.05, 3.63) is 29.3 Å². The van der Waals surface area contributed by atoms with Gasteiger partial charge in [0.05, 0.1) is 0 Å². The predicted octanol–water partition coefficient (Wildman–Crippen LogP) is 3.32. The van der Waals surface area contributed by atoms with Gasteiger partial charge in [-0.25, -0.2) is 0 Å². The van der Waals surface area contributed by atoms with Crippen LogP contribution in [0.4, 0.5) is 0 Å². The fourth-order valence-corrected chi connectivity index (χ4v) is 2.09. The average Bonchev–Trinajstić information content (AvgIpc) is 3.11. The van der Waals surface area contributed by atoms with E-state index in [4.69, 9.17) is 5.73 Å². The molecule has 2 unspecified atom stereocenters. The van der Waals surface area contributed by atoms with E-state index in [-0.39, 0.29) is 6.04 Å². The standard InChI is InChI=1S/C14H21NO/c1-3-9(2)11-6-7-13(16)12(8-11)14(15)10-4-5-10/h6-10,14,16H,3-5,15H2,1-2H3. The first-order valence-corrected chi connectivity index (χ1v) is 6.21. The van der Waals surface area contributed by atoms with Crippen molar-refractivity contribution >= 4 is 0 Å². The second-order valence-electron chi connectivity index (χ2n) is 4.99. The third-order valence-corrected chi connectivity index (χ3v) is 3.72. The molecule has 2 nitrogen and oxygen atoms in total. The molecule has 0 spiro atoms. The third-order valence-electron chi connectivity index (χ3n) is 3.72. The Hall–Kier alpha value is -1.02. The number of benzene rings is 1. The monoisotopic (exact) mass is 219 g/mol. The van der Waals surface area contributed by atoms with Crippen molar-refractivity contribution in [1.82, 2.24) is 0 Å². The molecule has 1 aromatic rings. The van der Waals surface area contributed by atoms with Crippen LogP contribution in [0.3, 0.4) is 0 Å². The molecular formula is C14H21NO. The molecule has 88 valence electrons. The number of aromatic hydroxyl groups is 1. The molecule has 2 atom stereocenters. The van der Waals surface area contributed by atoms with E-state index in [0.29, 0.717) is 17.6 Å². The first kappa shape index (κ1) is 11.5. The third kappa shape index (κ3) is 2.22. The van der Waals surface area contributed by atoms with Gasteiger partial charge < -0.3 is 10.8 Å². The molecule has 0 bridgehead atoms. The van der Waals surface area contributed by atoms with Crippen LogP contribution < -0.4 is 5.73 Å². The second-order valence-corrected chi connectivity index (χ2v) is 4.99. The van der Waals surface area contributed by atoms with Crippen LogP contribution in [0.1, 0.15) is 56.2 Å². The Morgan fingerprint density at radius 3 is 2.69 bits per heavy atom. The summed E-state index contributed by atoms with van der Waals surface area (Å²) in [4.78, 5) is 0. The van der Waals surface area contributed by atoms with Crippen molar-refractivity contribution in [2.24, 2.45) is 11.7 Å². The van der Waals surface area contributed by atoms with Crippen molar-refractivity contribution in [3.63, 3.8) is 0 Å². The lowest BCUT2D eigenvalue weighted by molar-refractivity contribution is 0.455. The van der Waals surface area contributed by atoms with E-state index in [2.05, 4.69) is 19.9 Å². The van der Waals surface area contributed by atoms with E-state index >= 15 is 0 Å². The van der Waals surface area contributed by atoms with E-state index in [1.54, 1.807) is 6.07 Å². The summed E-state index contributed by atoms with van der Waals surface area (Å²) in [5.41, 5.74) is 8.37. The van der Waals surface area contributed by atoms with Crippen LogP contribution >= 0.6 is 0 Å².